The molecule has 2 amide bonds. The smallest absolute Gasteiger partial charge is 0.257 e. The first-order chi connectivity index (χ1) is 14.5. The molecule has 8 nitrogen and oxygen atoms in total. The molecule has 0 saturated carbocycles. The average Bonchev–Trinajstić information content (AvgIpc) is 3.37. The van der Waals surface area contributed by atoms with E-state index < -0.39 is 23.4 Å². The van der Waals surface area contributed by atoms with Crippen molar-refractivity contribution in [2.24, 2.45) is 0 Å². The van der Waals surface area contributed by atoms with Crippen molar-refractivity contribution in [2.75, 3.05) is 23.2 Å². The Labute approximate surface area is 176 Å². The number of aromatic nitrogens is 2. The van der Waals surface area contributed by atoms with Crippen LogP contribution in [0.15, 0.2) is 40.7 Å². The van der Waals surface area contributed by atoms with Gasteiger partial charge in [-0.3, -0.25) is 14.9 Å². The maximum absolute atomic E-state index is 13.6. The molecule has 2 N–H and O–H groups in total. The van der Waals surface area contributed by atoms with E-state index in [2.05, 4.69) is 20.8 Å². The number of anilines is 2. The van der Waals surface area contributed by atoms with E-state index in [9.17, 15) is 18.4 Å². The van der Waals surface area contributed by atoms with Gasteiger partial charge in [-0.15, -0.1) is 10.2 Å². The molecular formula is C18H12F2N4O4S2. The highest BCUT2D eigenvalue weighted by Gasteiger charge is 2.18. The second kappa shape index (κ2) is 8.63. The van der Waals surface area contributed by atoms with Crippen LogP contribution in [0.1, 0.15) is 10.4 Å². The summed E-state index contributed by atoms with van der Waals surface area (Å²) in [7, 11) is 0. The molecule has 0 bridgehead atoms. The first-order valence-corrected chi connectivity index (χ1v) is 10.2. The van der Waals surface area contributed by atoms with Crippen molar-refractivity contribution < 1.29 is 27.8 Å². The van der Waals surface area contributed by atoms with Crippen molar-refractivity contribution in [3.05, 3.63) is 53.6 Å². The Morgan fingerprint density at radius 1 is 1.07 bits per heavy atom. The molecule has 0 unspecified atom stereocenters. The van der Waals surface area contributed by atoms with Crippen molar-refractivity contribution in [1.82, 2.24) is 10.2 Å². The highest BCUT2D eigenvalue weighted by atomic mass is 32.2. The molecule has 0 aliphatic carbocycles. The van der Waals surface area contributed by atoms with Gasteiger partial charge in [0.15, 0.2) is 15.8 Å². The molecule has 2 aromatic carbocycles. The number of halogens is 2. The molecule has 4 rings (SSSR count). The van der Waals surface area contributed by atoms with Gasteiger partial charge >= 0.3 is 0 Å². The lowest BCUT2D eigenvalue weighted by atomic mass is 10.2. The van der Waals surface area contributed by atoms with Crippen LogP contribution in [-0.2, 0) is 4.79 Å². The van der Waals surface area contributed by atoms with E-state index in [4.69, 9.17) is 9.47 Å². The van der Waals surface area contributed by atoms with E-state index in [0.717, 1.165) is 35.2 Å². The number of amides is 2. The van der Waals surface area contributed by atoms with E-state index in [1.807, 2.05) is 0 Å². The first-order valence-electron chi connectivity index (χ1n) is 8.40. The van der Waals surface area contributed by atoms with Crippen molar-refractivity contribution in [1.29, 1.82) is 0 Å². The number of nitrogens with one attached hydrogen (secondary N) is 2. The second-order valence-corrected chi connectivity index (χ2v) is 8.06. The summed E-state index contributed by atoms with van der Waals surface area (Å²) in [4.78, 5) is 24.3. The van der Waals surface area contributed by atoms with Gasteiger partial charge in [0.05, 0.1) is 11.4 Å². The van der Waals surface area contributed by atoms with Gasteiger partial charge in [-0.25, -0.2) is 8.78 Å². The number of hydrogen-bond acceptors (Lipinski definition) is 8. The van der Waals surface area contributed by atoms with Gasteiger partial charge in [0, 0.05) is 11.6 Å². The fraction of sp³-hybridized carbons (Fsp3) is 0.111. The third kappa shape index (κ3) is 4.66. The van der Waals surface area contributed by atoms with Crippen LogP contribution >= 0.6 is 23.1 Å². The molecule has 0 radical (unpaired) electrons. The molecule has 0 spiro atoms. The maximum Gasteiger partial charge on any atom is 0.257 e. The Hall–Kier alpha value is -3.25. The van der Waals surface area contributed by atoms with Crippen molar-refractivity contribution in [2.45, 2.75) is 4.34 Å². The topological polar surface area (TPSA) is 102 Å². The van der Waals surface area contributed by atoms with Crippen LogP contribution in [0, 0.1) is 11.6 Å². The maximum atomic E-state index is 13.6. The normalized spacial score (nSPS) is 11.9. The minimum atomic E-state index is -0.863. The number of ether oxygens (including phenoxy) is 2. The van der Waals surface area contributed by atoms with Gasteiger partial charge in [-0.1, -0.05) is 23.1 Å². The largest absolute Gasteiger partial charge is 0.454 e. The van der Waals surface area contributed by atoms with Gasteiger partial charge in [0.1, 0.15) is 11.6 Å². The minimum Gasteiger partial charge on any atom is -0.454 e. The number of carbonyl (C=O) groups excluding carboxylic acids is 2. The van der Waals surface area contributed by atoms with Crippen LogP contribution < -0.4 is 20.1 Å². The molecule has 1 aromatic heterocycles. The Morgan fingerprint density at radius 2 is 1.90 bits per heavy atom. The van der Waals surface area contributed by atoms with Crippen LogP contribution in [-0.4, -0.2) is 34.6 Å². The fourth-order valence-electron chi connectivity index (χ4n) is 2.43. The lowest BCUT2D eigenvalue weighted by Gasteiger charge is -2.05. The van der Waals surface area contributed by atoms with Crippen LogP contribution in [0.25, 0.3) is 0 Å². The summed E-state index contributed by atoms with van der Waals surface area (Å²) in [5.41, 5.74) is 0.250. The quantitative estimate of drug-likeness (QED) is 0.438. The molecule has 12 heteroatoms. The number of thioether (sulfide) groups is 1. The van der Waals surface area contributed by atoms with Gasteiger partial charge in [0.25, 0.3) is 5.91 Å². The average molecular weight is 450 g/mol. The van der Waals surface area contributed by atoms with Gasteiger partial charge in [-0.05, 0) is 30.3 Å². The van der Waals surface area contributed by atoms with E-state index in [-0.39, 0.29) is 23.4 Å². The van der Waals surface area contributed by atoms with Crippen LogP contribution in [0.3, 0.4) is 0 Å². The monoisotopic (exact) mass is 450 g/mol. The van der Waals surface area contributed by atoms with Crippen molar-refractivity contribution >= 4 is 45.7 Å². The van der Waals surface area contributed by atoms with E-state index in [1.165, 1.54) is 0 Å². The molecule has 0 atom stereocenters. The Kier molecular flexibility index (Phi) is 5.77. The lowest BCUT2D eigenvalue weighted by Crippen LogP contribution is -2.15. The molecular weight excluding hydrogens is 438 g/mol. The SMILES string of the molecule is O=C(CSc1nnc(NC(=O)c2ccc3c(c2)OCO3)s1)Nc1ccc(F)cc1F. The molecule has 30 heavy (non-hydrogen) atoms. The highest BCUT2D eigenvalue weighted by molar-refractivity contribution is 8.01. The Morgan fingerprint density at radius 3 is 2.73 bits per heavy atom. The van der Waals surface area contributed by atoms with Gasteiger partial charge in [-0.2, -0.15) is 0 Å². The number of carbonyl (C=O) groups is 2. The number of fused-ring (bicyclic) bond motifs is 1. The third-order valence-electron chi connectivity index (χ3n) is 3.79. The molecule has 154 valence electrons. The Balaban J connectivity index is 1.30. The summed E-state index contributed by atoms with van der Waals surface area (Å²) in [5, 5.41) is 13.0. The van der Waals surface area contributed by atoms with Gasteiger partial charge < -0.3 is 14.8 Å². The number of nitrogens with zero attached hydrogens (tertiary/aromatic N) is 2. The summed E-state index contributed by atoms with van der Waals surface area (Å²) in [6.45, 7) is 0.110. The zero-order chi connectivity index (χ0) is 21.1. The van der Waals surface area contributed by atoms with E-state index in [1.54, 1.807) is 18.2 Å². The van der Waals surface area contributed by atoms with Gasteiger partial charge in [0.2, 0.25) is 17.8 Å². The summed E-state index contributed by atoms with van der Waals surface area (Å²) < 4.78 is 37.4. The summed E-state index contributed by atoms with van der Waals surface area (Å²) in [6.07, 6.45) is 0. The summed E-state index contributed by atoms with van der Waals surface area (Å²) in [5.74, 6) is -1.50. The lowest BCUT2D eigenvalue weighted by molar-refractivity contribution is -0.113. The highest BCUT2D eigenvalue weighted by Crippen LogP contribution is 2.33. The molecule has 2 heterocycles. The number of rotatable bonds is 6. The van der Waals surface area contributed by atoms with Crippen molar-refractivity contribution in [3.63, 3.8) is 0 Å². The fourth-order valence-corrected chi connectivity index (χ4v) is 3.98. The standard InChI is InChI=1S/C18H12F2N4O4S2/c19-10-2-3-12(11(20)6-10)21-15(25)7-29-18-24-23-17(30-18)22-16(26)9-1-4-13-14(5-9)28-8-27-13/h1-6H,7-8H2,(H,21,25)(H,22,23,26). The molecule has 1 aliphatic rings. The van der Waals surface area contributed by atoms with Crippen molar-refractivity contribution in [3.8, 4) is 11.5 Å². The summed E-state index contributed by atoms with van der Waals surface area (Å²) >= 11 is 2.15. The zero-order valence-electron chi connectivity index (χ0n) is 15.0. The summed E-state index contributed by atoms with van der Waals surface area (Å²) in [6, 6.07) is 7.67. The second-order valence-electron chi connectivity index (χ2n) is 5.86. The predicted octanol–water partition coefficient (Wildman–Crippen LogP) is 3.53. The van der Waals surface area contributed by atoms with Crippen LogP contribution in [0.5, 0.6) is 11.5 Å². The first kappa shape index (κ1) is 20.0. The van der Waals surface area contributed by atoms with Crippen LogP contribution in [0.2, 0.25) is 0 Å². The number of hydrogen-bond donors (Lipinski definition) is 2. The van der Waals surface area contributed by atoms with Crippen LogP contribution in [0.4, 0.5) is 19.6 Å². The minimum absolute atomic E-state index is 0.0679. The molecule has 0 fully saturated rings. The molecule has 0 saturated heterocycles. The van der Waals surface area contributed by atoms with E-state index >= 15 is 0 Å². The molecule has 3 aromatic rings. The predicted molar refractivity (Wildman–Crippen MR) is 106 cm³/mol. The van der Waals surface area contributed by atoms with E-state index in [0.29, 0.717) is 27.5 Å². The third-order valence-corrected chi connectivity index (χ3v) is 5.77. The Bertz CT molecular complexity index is 1130. The molecule has 1 aliphatic heterocycles. The number of benzene rings is 2. The zero-order valence-corrected chi connectivity index (χ0v) is 16.6.